The van der Waals surface area contributed by atoms with Gasteiger partial charge in [0.15, 0.2) is 0 Å². The van der Waals surface area contributed by atoms with Crippen molar-refractivity contribution in [3.63, 3.8) is 0 Å². The van der Waals surface area contributed by atoms with E-state index in [2.05, 4.69) is 15.3 Å². The number of carbonyl (C=O) groups excluding carboxylic acids is 1. The second-order valence-electron chi connectivity index (χ2n) is 2.71. The highest BCUT2D eigenvalue weighted by atomic mass is 16.1. The van der Waals surface area contributed by atoms with Crippen LogP contribution in [0.3, 0.4) is 0 Å². The Labute approximate surface area is 71.4 Å². The maximum atomic E-state index is 10.5. The molecule has 0 unspecified atom stereocenters. The number of aryl methyl sites for hydroxylation is 1. The fraction of sp³-hybridized carbons (Fsp3) is 0.500. The molecule has 4 nitrogen and oxygen atoms in total. The summed E-state index contributed by atoms with van der Waals surface area (Å²) in [6, 6.07) is 0. The molecule has 0 aliphatic heterocycles. The molecule has 1 aromatic rings. The number of nitrogens with zero attached hydrogens (tertiary/aromatic N) is 1. The number of imidazole rings is 1. The molecule has 0 spiro atoms. The molecule has 1 amide bonds. The summed E-state index contributed by atoms with van der Waals surface area (Å²) in [4.78, 5) is 17.6. The molecule has 0 atom stereocenters. The molecular weight excluding hydrogens is 154 g/mol. The Hall–Kier alpha value is -1.32. The Morgan fingerprint density at radius 3 is 3.00 bits per heavy atom. The SMILES string of the molecule is CC(=O)NCCc1nc[nH]c1C. The number of rotatable bonds is 3. The monoisotopic (exact) mass is 167 g/mol. The summed E-state index contributed by atoms with van der Waals surface area (Å²) in [6.45, 7) is 4.13. The van der Waals surface area contributed by atoms with Crippen molar-refractivity contribution in [3.8, 4) is 0 Å². The quantitative estimate of drug-likeness (QED) is 0.684. The highest BCUT2D eigenvalue weighted by molar-refractivity contribution is 5.72. The predicted molar refractivity (Wildman–Crippen MR) is 45.7 cm³/mol. The Bertz CT molecular complexity index is 267. The van der Waals surface area contributed by atoms with Gasteiger partial charge in [-0.05, 0) is 6.92 Å². The van der Waals surface area contributed by atoms with Gasteiger partial charge in [-0.2, -0.15) is 0 Å². The first-order chi connectivity index (χ1) is 5.70. The van der Waals surface area contributed by atoms with Gasteiger partial charge in [0, 0.05) is 25.6 Å². The third kappa shape index (κ3) is 2.38. The van der Waals surface area contributed by atoms with E-state index >= 15 is 0 Å². The average molecular weight is 167 g/mol. The molecule has 0 saturated carbocycles. The van der Waals surface area contributed by atoms with Gasteiger partial charge in [-0.15, -0.1) is 0 Å². The van der Waals surface area contributed by atoms with Crippen molar-refractivity contribution in [2.45, 2.75) is 20.3 Å². The Kier molecular flexibility index (Phi) is 2.85. The molecule has 0 fully saturated rings. The van der Waals surface area contributed by atoms with Crippen LogP contribution < -0.4 is 5.32 Å². The van der Waals surface area contributed by atoms with Crippen LogP contribution in [0.4, 0.5) is 0 Å². The van der Waals surface area contributed by atoms with Crippen LogP contribution in [0, 0.1) is 6.92 Å². The molecular formula is C8H13N3O. The van der Waals surface area contributed by atoms with Crippen molar-refractivity contribution >= 4 is 5.91 Å². The molecule has 66 valence electrons. The van der Waals surface area contributed by atoms with Gasteiger partial charge in [0.25, 0.3) is 0 Å². The highest BCUT2D eigenvalue weighted by Crippen LogP contribution is 1.99. The summed E-state index contributed by atoms with van der Waals surface area (Å²) in [5.41, 5.74) is 2.09. The minimum absolute atomic E-state index is 0.00295. The largest absolute Gasteiger partial charge is 0.356 e. The number of hydrogen-bond acceptors (Lipinski definition) is 2. The molecule has 0 radical (unpaired) electrons. The van der Waals surface area contributed by atoms with Crippen LogP contribution in [-0.4, -0.2) is 22.4 Å². The van der Waals surface area contributed by atoms with Crippen LogP contribution >= 0.6 is 0 Å². The summed E-state index contributed by atoms with van der Waals surface area (Å²) in [5.74, 6) is 0.00295. The Morgan fingerprint density at radius 2 is 2.50 bits per heavy atom. The van der Waals surface area contributed by atoms with Crippen LogP contribution in [0.2, 0.25) is 0 Å². The molecule has 0 aliphatic rings. The van der Waals surface area contributed by atoms with Crippen molar-refractivity contribution in [1.82, 2.24) is 15.3 Å². The molecule has 0 saturated heterocycles. The van der Waals surface area contributed by atoms with E-state index in [9.17, 15) is 4.79 Å². The second kappa shape index (κ2) is 3.90. The molecule has 0 aromatic carbocycles. The van der Waals surface area contributed by atoms with Gasteiger partial charge >= 0.3 is 0 Å². The second-order valence-corrected chi connectivity index (χ2v) is 2.71. The average Bonchev–Trinajstić information content (AvgIpc) is 2.36. The van der Waals surface area contributed by atoms with E-state index in [4.69, 9.17) is 0 Å². The van der Waals surface area contributed by atoms with Crippen molar-refractivity contribution in [2.24, 2.45) is 0 Å². The van der Waals surface area contributed by atoms with Crippen LogP contribution in [0.5, 0.6) is 0 Å². The summed E-state index contributed by atoms with van der Waals surface area (Å²) in [7, 11) is 0. The third-order valence-electron chi connectivity index (χ3n) is 1.67. The number of H-pyrrole nitrogens is 1. The first-order valence-electron chi connectivity index (χ1n) is 3.93. The molecule has 4 heteroatoms. The molecule has 0 aliphatic carbocycles. The van der Waals surface area contributed by atoms with Crippen molar-refractivity contribution in [2.75, 3.05) is 6.54 Å². The number of nitrogens with one attached hydrogen (secondary N) is 2. The summed E-state index contributed by atoms with van der Waals surface area (Å²) < 4.78 is 0. The van der Waals surface area contributed by atoms with Crippen LogP contribution in [0.15, 0.2) is 6.33 Å². The lowest BCUT2D eigenvalue weighted by Gasteiger charge is -1.99. The standard InChI is InChI=1S/C8H13N3O/c1-6-8(11-5-10-6)3-4-9-7(2)12/h5H,3-4H2,1-2H3,(H,9,12)(H,10,11). The lowest BCUT2D eigenvalue weighted by molar-refractivity contribution is -0.118. The minimum Gasteiger partial charge on any atom is -0.356 e. The van der Waals surface area contributed by atoms with E-state index < -0.39 is 0 Å². The van der Waals surface area contributed by atoms with E-state index in [0.717, 1.165) is 17.8 Å². The predicted octanol–water partition coefficient (Wildman–Crippen LogP) is 0.397. The topological polar surface area (TPSA) is 57.8 Å². The maximum absolute atomic E-state index is 10.5. The van der Waals surface area contributed by atoms with E-state index in [1.807, 2.05) is 6.92 Å². The van der Waals surface area contributed by atoms with Gasteiger partial charge in [-0.25, -0.2) is 4.98 Å². The Balaban J connectivity index is 2.33. The van der Waals surface area contributed by atoms with E-state index in [0.29, 0.717) is 6.54 Å². The molecule has 1 aromatic heterocycles. The van der Waals surface area contributed by atoms with Crippen LogP contribution in [0.1, 0.15) is 18.3 Å². The summed E-state index contributed by atoms with van der Waals surface area (Å²) in [5, 5.41) is 2.72. The first kappa shape index (κ1) is 8.77. The van der Waals surface area contributed by atoms with Gasteiger partial charge in [-0.1, -0.05) is 0 Å². The van der Waals surface area contributed by atoms with Crippen LogP contribution in [-0.2, 0) is 11.2 Å². The van der Waals surface area contributed by atoms with E-state index in [-0.39, 0.29) is 5.91 Å². The van der Waals surface area contributed by atoms with Crippen molar-refractivity contribution in [3.05, 3.63) is 17.7 Å². The van der Waals surface area contributed by atoms with Gasteiger partial charge in [0.1, 0.15) is 0 Å². The molecule has 12 heavy (non-hydrogen) atoms. The molecule has 1 rings (SSSR count). The zero-order valence-electron chi connectivity index (χ0n) is 7.35. The third-order valence-corrected chi connectivity index (χ3v) is 1.67. The van der Waals surface area contributed by atoms with Crippen LogP contribution in [0.25, 0.3) is 0 Å². The van der Waals surface area contributed by atoms with Gasteiger partial charge < -0.3 is 10.3 Å². The Morgan fingerprint density at radius 1 is 1.75 bits per heavy atom. The van der Waals surface area contributed by atoms with Crippen molar-refractivity contribution in [1.29, 1.82) is 0 Å². The van der Waals surface area contributed by atoms with Gasteiger partial charge in [0.2, 0.25) is 5.91 Å². The minimum atomic E-state index is 0.00295. The lowest BCUT2D eigenvalue weighted by atomic mass is 10.2. The molecule has 0 bridgehead atoms. The van der Waals surface area contributed by atoms with Gasteiger partial charge in [0.05, 0.1) is 12.0 Å². The summed E-state index contributed by atoms with van der Waals surface area (Å²) >= 11 is 0. The fourth-order valence-electron chi connectivity index (χ4n) is 0.996. The smallest absolute Gasteiger partial charge is 0.216 e. The number of hydrogen-bond donors (Lipinski definition) is 2. The zero-order chi connectivity index (χ0) is 8.97. The normalized spacial score (nSPS) is 9.83. The molecule has 1 heterocycles. The number of carbonyl (C=O) groups is 1. The maximum Gasteiger partial charge on any atom is 0.216 e. The number of aromatic amines is 1. The lowest BCUT2D eigenvalue weighted by Crippen LogP contribution is -2.22. The first-order valence-corrected chi connectivity index (χ1v) is 3.93. The van der Waals surface area contributed by atoms with Gasteiger partial charge in [-0.3, -0.25) is 4.79 Å². The highest BCUT2D eigenvalue weighted by Gasteiger charge is 1.99. The fourth-order valence-corrected chi connectivity index (χ4v) is 0.996. The van der Waals surface area contributed by atoms with E-state index in [1.54, 1.807) is 6.33 Å². The number of aromatic nitrogens is 2. The molecule has 2 N–H and O–H groups in total. The van der Waals surface area contributed by atoms with Crippen molar-refractivity contribution < 1.29 is 4.79 Å². The zero-order valence-corrected chi connectivity index (χ0v) is 7.35. The summed E-state index contributed by atoms with van der Waals surface area (Å²) in [6.07, 6.45) is 2.45. The van der Waals surface area contributed by atoms with E-state index in [1.165, 1.54) is 6.92 Å². The number of amides is 1.